The third kappa shape index (κ3) is 6.36. The number of halogens is 4. The molecule has 0 aromatic heterocycles. The summed E-state index contributed by atoms with van der Waals surface area (Å²) in [4.78, 5) is 16.8. The molecule has 9 heteroatoms. The van der Waals surface area contributed by atoms with Gasteiger partial charge >= 0.3 is 12.2 Å². The zero-order valence-electron chi connectivity index (χ0n) is 15.7. The van der Waals surface area contributed by atoms with E-state index in [1.165, 1.54) is 12.1 Å². The number of carbonyl (C=O) groups excluding carboxylic acids is 1. The van der Waals surface area contributed by atoms with E-state index in [2.05, 4.69) is 57.3 Å². The largest absolute Gasteiger partial charge is 0.417 e. The van der Waals surface area contributed by atoms with Crippen LogP contribution in [0.3, 0.4) is 0 Å². The first-order chi connectivity index (χ1) is 12.6. The number of carbonyl (C=O) groups is 1. The molecule has 2 rings (SSSR count). The van der Waals surface area contributed by atoms with E-state index < -0.39 is 17.8 Å². The quantitative estimate of drug-likeness (QED) is 0.715. The molecule has 27 heavy (non-hydrogen) atoms. The lowest BCUT2D eigenvalue weighted by Gasteiger charge is -2.39. The van der Waals surface area contributed by atoms with Crippen LogP contribution in [0.25, 0.3) is 0 Å². The lowest BCUT2D eigenvalue weighted by atomic mass is 10.0. The van der Waals surface area contributed by atoms with Crippen LogP contribution in [-0.2, 0) is 6.18 Å². The summed E-state index contributed by atoms with van der Waals surface area (Å²) >= 11 is 2.89. The number of benzene rings is 1. The van der Waals surface area contributed by atoms with E-state index in [-0.39, 0.29) is 16.2 Å². The number of piperazine rings is 1. The Balaban J connectivity index is 1.94. The third-order valence-corrected chi connectivity index (χ3v) is 5.47. The number of nitrogens with zero attached hydrogens (tertiary/aromatic N) is 2. The van der Waals surface area contributed by atoms with Crippen LogP contribution >= 0.6 is 15.9 Å². The fourth-order valence-electron chi connectivity index (χ4n) is 3.13. The summed E-state index contributed by atoms with van der Waals surface area (Å²) in [5.41, 5.74) is -0.721. The van der Waals surface area contributed by atoms with Gasteiger partial charge in [-0.3, -0.25) is 4.90 Å². The molecule has 1 aromatic rings. The highest BCUT2D eigenvalue weighted by Crippen LogP contribution is 2.36. The van der Waals surface area contributed by atoms with Crippen molar-refractivity contribution in [3.05, 3.63) is 28.2 Å². The summed E-state index contributed by atoms with van der Waals surface area (Å²) in [5.74, 6) is 0.346. The SMILES string of the molecule is CC(C)C(CNC(=O)Nc1ccc(Br)c(C(F)(F)F)c1)N1CCN(C)CC1. The number of likely N-dealkylation sites (N-methyl/N-ethyl adjacent to an activating group) is 1. The Kier molecular flexibility index (Phi) is 7.53. The van der Waals surface area contributed by atoms with Gasteiger partial charge in [-0.2, -0.15) is 13.2 Å². The molecule has 5 nitrogen and oxygen atoms in total. The minimum atomic E-state index is -4.49. The first-order valence-corrected chi connectivity index (χ1v) is 9.71. The number of alkyl halides is 3. The molecule has 1 aliphatic heterocycles. The van der Waals surface area contributed by atoms with Gasteiger partial charge in [-0.25, -0.2) is 4.79 Å². The van der Waals surface area contributed by atoms with Crippen molar-refractivity contribution >= 4 is 27.6 Å². The number of anilines is 1. The minimum absolute atomic E-state index is 0.0594. The Bertz CT molecular complexity index is 646. The summed E-state index contributed by atoms with van der Waals surface area (Å²) in [7, 11) is 2.08. The van der Waals surface area contributed by atoms with E-state index >= 15 is 0 Å². The first-order valence-electron chi connectivity index (χ1n) is 8.92. The van der Waals surface area contributed by atoms with E-state index in [1.807, 2.05) is 0 Å². The van der Waals surface area contributed by atoms with E-state index in [4.69, 9.17) is 0 Å². The van der Waals surface area contributed by atoms with Gasteiger partial charge in [0.05, 0.1) is 5.56 Å². The zero-order chi connectivity index (χ0) is 20.2. The molecule has 1 aromatic carbocycles. The summed E-state index contributed by atoms with van der Waals surface area (Å²) in [5, 5.41) is 5.28. The Morgan fingerprint density at radius 3 is 2.41 bits per heavy atom. The first kappa shape index (κ1) is 22.0. The molecule has 1 fully saturated rings. The van der Waals surface area contributed by atoms with Gasteiger partial charge in [-0.1, -0.05) is 29.8 Å². The molecule has 1 unspecified atom stereocenters. The lowest BCUT2D eigenvalue weighted by Crippen LogP contribution is -2.54. The van der Waals surface area contributed by atoms with Crippen LogP contribution in [0.4, 0.5) is 23.7 Å². The maximum atomic E-state index is 13.0. The number of rotatable bonds is 5. The van der Waals surface area contributed by atoms with Crippen molar-refractivity contribution in [2.45, 2.75) is 26.1 Å². The van der Waals surface area contributed by atoms with Crippen molar-refractivity contribution in [3.63, 3.8) is 0 Å². The fraction of sp³-hybridized carbons (Fsp3) is 0.611. The highest BCUT2D eigenvalue weighted by atomic mass is 79.9. The van der Waals surface area contributed by atoms with Crippen molar-refractivity contribution < 1.29 is 18.0 Å². The van der Waals surface area contributed by atoms with E-state index in [0.717, 1.165) is 32.2 Å². The van der Waals surface area contributed by atoms with Gasteiger partial charge < -0.3 is 15.5 Å². The number of hydrogen-bond acceptors (Lipinski definition) is 3. The maximum absolute atomic E-state index is 13.0. The Labute approximate surface area is 166 Å². The molecule has 0 saturated carbocycles. The predicted molar refractivity (Wildman–Crippen MR) is 104 cm³/mol. The van der Waals surface area contributed by atoms with Crippen LogP contribution in [-0.4, -0.2) is 61.6 Å². The standard InChI is InChI=1S/C18H26BrF3N4O/c1-12(2)16(26-8-6-25(3)7-9-26)11-23-17(27)24-13-4-5-15(19)14(10-13)18(20,21)22/h4-5,10,12,16H,6-9,11H2,1-3H3,(H2,23,24,27). The van der Waals surface area contributed by atoms with Crippen LogP contribution < -0.4 is 10.6 Å². The third-order valence-electron chi connectivity index (χ3n) is 4.78. The summed E-state index contributed by atoms with van der Waals surface area (Å²) in [6.45, 7) is 8.48. The van der Waals surface area contributed by atoms with Gasteiger partial charge in [0, 0.05) is 48.9 Å². The van der Waals surface area contributed by atoms with Gasteiger partial charge in [0.15, 0.2) is 0 Å². The molecule has 2 N–H and O–H groups in total. The molecular formula is C18H26BrF3N4O. The molecule has 0 aliphatic carbocycles. The lowest BCUT2D eigenvalue weighted by molar-refractivity contribution is -0.138. The average molecular weight is 451 g/mol. The Hall–Kier alpha value is -1.32. The van der Waals surface area contributed by atoms with Crippen LogP contribution in [0.5, 0.6) is 0 Å². The van der Waals surface area contributed by atoms with Crippen molar-refractivity contribution in [1.29, 1.82) is 0 Å². The number of amides is 2. The van der Waals surface area contributed by atoms with E-state index in [9.17, 15) is 18.0 Å². The fourth-order valence-corrected chi connectivity index (χ4v) is 3.60. The molecule has 0 radical (unpaired) electrons. The van der Waals surface area contributed by atoms with Gasteiger partial charge in [-0.05, 0) is 31.2 Å². The Morgan fingerprint density at radius 2 is 1.85 bits per heavy atom. The summed E-state index contributed by atoms with van der Waals surface area (Å²) in [6.07, 6.45) is -4.49. The number of urea groups is 1. The molecule has 2 amide bonds. The number of hydrogen-bond donors (Lipinski definition) is 2. The second-order valence-corrected chi connectivity index (χ2v) is 8.03. The smallest absolute Gasteiger partial charge is 0.336 e. The van der Waals surface area contributed by atoms with Gasteiger partial charge in [0.2, 0.25) is 0 Å². The topological polar surface area (TPSA) is 47.6 Å². The van der Waals surface area contributed by atoms with Crippen LogP contribution in [0.2, 0.25) is 0 Å². The predicted octanol–water partition coefficient (Wildman–Crippen LogP) is 3.86. The van der Waals surface area contributed by atoms with Crippen LogP contribution in [0, 0.1) is 5.92 Å². The van der Waals surface area contributed by atoms with Crippen LogP contribution in [0.15, 0.2) is 22.7 Å². The van der Waals surface area contributed by atoms with E-state index in [0.29, 0.717) is 12.5 Å². The van der Waals surface area contributed by atoms with Crippen LogP contribution in [0.1, 0.15) is 19.4 Å². The van der Waals surface area contributed by atoms with Gasteiger partial charge in [0.25, 0.3) is 0 Å². The second kappa shape index (κ2) is 9.25. The average Bonchev–Trinajstić information content (AvgIpc) is 2.57. The highest BCUT2D eigenvalue weighted by Gasteiger charge is 2.33. The molecular weight excluding hydrogens is 425 g/mol. The zero-order valence-corrected chi connectivity index (χ0v) is 17.3. The van der Waals surface area contributed by atoms with Gasteiger partial charge in [0.1, 0.15) is 0 Å². The van der Waals surface area contributed by atoms with Crippen molar-refractivity contribution in [2.75, 3.05) is 45.1 Å². The molecule has 0 spiro atoms. The second-order valence-electron chi connectivity index (χ2n) is 7.18. The molecule has 1 saturated heterocycles. The Morgan fingerprint density at radius 1 is 1.22 bits per heavy atom. The highest BCUT2D eigenvalue weighted by molar-refractivity contribution is 9.10. The normalized spacial score (nSPS) is 17.8. The minimum Gasteiger partial charge on any atom is -0.336 e. The summed E-state index contributed by atoms with van der Waals surface area (Å²) < 4.78 is 38.9. The monoisotopic (exact) mass is 450 g/mol. The van der Waals surface area contributed by atoms with Crippen molar-refractivity contribution in [1.82, 2.24) is 15.1 Å². The van der Waals surface area contributed by atoms with Crippen molar-refractivity contribution in [2.24, 2.45) is 5.92 Å². The number of nitrogens with one attached hydrogen (secondary N) is 2. The van der Waals surface area contributed by atoms with Crippen molar-refractivity contribution in [3.8, 4) is 0 Å². The maximum Gasteiger partial charge on any atom is 0.417 e. The molecule has 1 heterocycles. The summed E-state index contributed by atoms with van der Waals surface area (Å²) in [6, 6.07) is 3.30. The van der Waals surface area contributed by atoms with Gasteiger partial charge in [-0.15, -0.1) is 0 Å². The molecule has 0 bridgehead atoms. The molecule has 1 aliphatic rings. The molecule has 1 atom stereocenters. The molecule has 152 valence electrons. The van der Waals surface area contributed by atoms with E-state index in [1.54, 1.807) is 0 Å².